The Balaban J connectivity index is 1.56. The second-order valence-corrected chi connectivity index (χ2v) is 8.90. The fraction of sp³-hybridized carbons (Fsp3) is 0.125. The van der Waals surface area contributed by atoms with Crippen LogP contribution in [-0.4, -0.2) is 0 Å². The van der Waals surface area contributed by atoms with E-state index < -0.39 is 0 Å². The SMILES string of the molecule is C1=CC(C(c2ccccc2)C(c2ccccc2)C2C=Cc3ccccc32)c2ccccc21. The number of hydrogen-bond donors (Lipinski definition) is 0. The predicted octanol–water partition coefficient (Wildman–Crippen LogP) is 8.18. The Bertz CT molecular complexity index is 1180. The van der Waals surface area contributed by atoms with Crippen LogP contribution in [0.3, 0.4) is 0 Å². The number of fused-ring (bicyclic) bond motifs is 2. The van der Waals surface area contributed by atoms with E-state index in [-0.39, 0.29) is 0 Å². The van der Waals surface area contributed by atoms with Crippen molar-refractivity contribution >= 4 is 12.2 Å². The number of hydrogen-bond acceptors (Lipinski definition) is 0. The Labute approximate surface area is 190 Å². The quantitative estimate of drug-likeness (QED) is 0.311. The molecule has 4 unspecified atom stereocenters. The average molecular weight is 411 g/mol. The molecule has 0 fully saturated rings. The fourth-order valence-corrected chi connectivity index (χ4v) is 5.81. The van der Waals surface area contributed by atoms with Gasteiger partial charge in [-0.1, -0.05) is 133 Å². The second-order valence-electron chi connectivity index (χ2n) is 8.90. The van der Waals surface area contributed by atoms with Crippen LogP contribution in [0.4, 0.5) is 0 Å². The maximum Gasteiger partial charge on any atom is 0.0102 e. The third-order valence-electron chi connectivity index (χ3n) is 7.21. The van der Waals surface area contributed by atoms with Crippen molar-refractivity contribution in [3.63, 3.8) is 0 Å². The first-order valence-electron chi connectivity index (χ1n) is 11.5. The highest BCUT2D eigenvalue weighted by molar-refractivity contribution is 5.66. The van der Waals surface area contributed by atoms with E-state index in [1.165, 1.54) is 33.4 Å². The van der Waals surface area contributed by atoms with Crippen molar-refractivity contribution in [1.82, 2.24) is 0 Å². The first-order chi connectivity index (χ1) is 15.9. The molecule has 0 saturated heterocycles. The Kier molecular flexibility index (Phi) is 4.85. The summed E-state index contributed by atoms with van der Waals surface area (Å²) in [7, 11) is 0. The molecule has 4 atom stereocenters. The molecule has 4 aromatic rings. The molecule has 0 saturated carbocycles. The lowest BCUT2D eigenvalue weighted by molar-refractivity contribution is 0.468. The minimum absolute atomic E-state index is 0.333. The summed E-state index contributed by atoms with van der Waals surface area (Å²) in [5, 5.41) is 0. The highest BCUT2D eigenvalue weighted by atomic mass is 14.4. The molecule has 0 bridgehead atoms. The van der Waals surface area contributed by atoms with Gasteiger partial charge in [0.05, 0.1) is 0 Å². The van der Waals surface area contributed by atoms with Gasteiger partial charge in [-0.05, 0) is 33.4 Å². The lowest BCUT2D eigenvalue weighted by Crippen LogP contribution is -2.22. The maximum atomic E-state index is 2.43. The molecule has 0 nitrogen and oxygen atoms in total. The topological polar surface area (TPSA) is 0 Å². The largest absolute Gasteiger partial charge is 0.0757 e. The third-order valence-corrected chi connectivity index (χ3v) is 7.21. The van der Waals surface area contributed by atoms with Crippen LogP contribution in [0.1, 0.15) is 57.1 Å². The molecule has 4 aromatic carbocycles. The summed E-state index contributed by atoms with van der Waals surface area (Å²) in [4.78, 5) is 0. The monoisotopic (exact) mass is 410 g/mol. The van der Waals surface area contributed by atoms with Crippen molar-refractivity contribution in [3.05, 3.63) is 155 Å². The molecule has 0 spiro atoms. The molecular formula is C32H26. The molecule has 2 aliphatic rings. The Morgan fingerprint density at radius 2 is 0.781 bits per heavy atom. The fourth-order valence-electron chi connectivity index (χ4n) is 5.81. The van der Waals surface area contributed by atoms with Crippen molar-refractivity contribution in [2.45, 2.75) is 23.7 Å². The van der Waals surface area contributed by atoms with Gasteiger partial charge < -0.3 is 0 Å². The normalized spacial score (nSPS) is 20.0. The summed E-state index contributed by atoms with van der Waals surface area (Å²) in [6.45, 7) is 0. The van der Waals surface area contributed by atoms with Crippen LogP contribution in [0, 0.1) is 0 Å². The van der Waals surface area contributed by atoms with E-state index in [0.29, 0.717) is 23.7 Å². The maximum absolute atomic E-state index is 2.43. The van der Waals surface area contributed by atoms with Gasteiger partial charge in [-0.3, -0.25) is 0 Å². The van der Waals surface area contributed by atoms with E-state index in [1.54, 1.807) is 0 Å². The van der Waals surface area contributed by atoms with Crippen molar-refractivity contribution in [2.24, 2.45) is 0 Å². The van der Waals surface area contributed by atoms with Gasteiger partial charge in [-0.15, -0.1) is 0 Å². The van der Waals surface area contributed by atoms with Gasteiger partial charge in [0.15, 0.2) is 0 Å². The van der Waals surface area contributed by atoms with Gasteiger partial charge in [0, 0.05) is 23.7 Å². The Morgan fingerprint density at radius 3 is 1.22 bits per heavy atom. The highest BCUT2D eigenvalue weighted by Crippen LogP contribution is 2.54. The van der Waals surface area contributed by atoms with E-state index in [4.69, 9.17) is 0 Å². The van der Waals surface area contributed by atoms with Gasteiger partial charge in [-0.2, -0.15) is 0 Å². The molecule has 0 heterocycles. The summed E-state index contributed by atoms with van der Waals surface area (Å²) in [6, 6.07) is 40.1. The highest BCUT2D eigenvalue weighted by Gasteiger charge is 2.39. The van der Waals surface area contributed by atoms with E-state index in [2.05, 4.69) is 133 Å². The molecule has 0 N–H and O–H groups in total. The molecule has 6 rings (SSSR count). The van der Waals surface area contributed by atoms with E-state index in [0.717, 1.165) is 0 Å². The average Bonchev–Trinajstić information content (AvgIpc) is 3.48. The molecular weight excluding hydrogens is 384 g/mol. The van der Waals surface area contributed by atoms with Crippen molar-refractivity contribution in [1.29, 1.82) is 0 Å². The standard InChI is InChI=1S/C32H26/c1-3-13-25(14-4-1)31(29-21-19-23-11-7-9-17-27(23)29)32(26-15-5-2-6-16-26)30-22-20-24-12-8-10-18-28(24)30/h1-22,29-32H. The minimum Gasteiger partial charge on any atom is -0.0757 e. The van der Waals surface area contributed by atoms with Crippen LogP contribution in [-0.2, 0) is 0 Å². The Morgan fingerprint density at radius 1 is 0.406 bits per heavy atom. The summed E-state index contributed by atoms with van der Waals surface area (Å²) in [5.74, 6) is 1.36. The molecule has 0 amide bonds. The van der Waals surface area contributed by atoms with E-state index in [9.17, 15) is 0 Å². The smallest absolute Gasteiger partial charge is 0.0102 e. The summed E-state index contributed by atoms with van der Waals surface area (Å²) < 4.78 is 0. The molecule has 0 aromatic heterocycles. The number of allylic oxidation sites excluding steroid dienone is 2. The van der Waals surface area contributed by atoms with Gasteiger partial charge in [0.2, 0.25) is 0 Å². The van der Waals surface area contributed by atoms with Crippen LogP contribution in [0.5, 0.6) is 0 Å². The lowest BCUT2D eigenvalue weighted by Gasteiger charge is -2.36. The van der Waals surface area contributed by atoms with Gasteiger partial charge in [-0.25, -0.2) is 0 Å². The van der Waals surface area contributed by atoms with Crippen molar-refractivity contribution < 1.29 is 0 Å². The molecule has 0 radical (unpaired) electrons. The summed E-state index contributed by atoms with van der Waals surface area (Å²) in [6.07, 6.45) is 9.50. The van der Waals surface area contributed by atoms with Crippen LogP contribution < -0.4 is 0 Å². The predicted molar refractivity (Wildman–Crippen MR) is 135 cm³/mol. The van der Waals surface area contributed by atoms with Crippen molar-refractivity contribution in [3.8, 4) is 0 Å². The van der Waals surface area contributed by atoms with Crippen LogP contribution in [0.25, 0.3) is 12.2 Å². The minimum atomic E-state index is 0.333. The molecule has 0 heteroatoms. The van der Waals surface area contributed by atoms with Crippen LogP contribution in [0.15, 0.2) is 121 Å². The third kappa shape index (κ3) is 3.24. The lowest BCUT2D eigenvalue weighted by atomic mass is 9.66. The van der Waals surface area contributed by atoms with Crippen molar-refractivity contribution in [2.75, 3.05) is 0 Å². The van der Waals surface area contributed by atoms with Gasteiger partial charge >= 0.3 is 0 Å². The molecule has 0 aliphatic heterocycles. The first-order valence-corrected chi connectivity index (χ1v) is 11.5. The van der Waals surface area contributed by atoms with E-state index >= 15 is 0 Å². The summed E-state index contributed by atoms with van der Waals surface area (Å²) >= 11 is 0. The number of rotatable bonds is 5. The molecule has 154 valence electrons. The summed E-state index contributed by atoms with van der Waals surface area (Å²) in [5.41, 5.74) is 8.41. The zero-order chi connectivity index (χ0) is 21.3. The molecule has 2 aliphatic carbocycles. The number of benzene rings is 4. The van der Waals surface area contributed by atoms with Crippen LogP contribution >= 0.6 is 0 Å². The molecule has 32 heavy (non-hydrogen) atoms. The van der Waals surface area contributed by atoms with E-state index in [1.807, 2.05) is 0 Å². The van der Waals surface area contributed by atoms with Gasteiger partial charge in [0.25, 0.3) is 0 Å². The zero-order valence-electron chi connectivity index (χ0n) is 18.0. The van der Waals surface area contributed by atoms with Crippen LogP contribution in [0.2, 0.25) is 0 Å². The van der Waals surface area contributed by atoms with Gasteiger partial charge in [0.1, 0.15) is 0 Å². The zero-order valence-corrected chi connectivity index (χ0v) is 18.0. The first kappa shape index (κ1) is 19.1. The Hall–Kier alpha value is -3.64. The second kappa shape index (κ2) is 8.13.